The molecule has 1 fully saturated rings. The molecule has 1 aliphatic rings. The first-order chi connectivity index (χ1) is 11.2. The summed E-state index contributed by atoms with van der Waals surface area (Å²) in [6.45, 7) is 1.27. The van der Waals surface area contributed by atoms with Gasteiger partial charge in [-0.1, -0.05) is 0 Å². The van der Waals surface area contributed by atoms with Gasteiger partial charge in [-0.05, 0) is 43.2 Å². The number of nitrogens with one attached hydrogen (secondary N) is 2. The highest BCUT2D eigenvalue weighted by Gasteiger charge is 2.23. The summed E-state index contributed by atoms with van der Waals surface area (Å²) in [6.07, 6.45) is 8.00. The van der Waals surface area contributed by atoms with E-state index in [0.29, 0.717) is 24.5 Å². The Balaban J connectivity index is 1.46. The monoisotopic (exact) mass is 313 g/mol. The van der Waals surface area contributed by atoms with Crippen molar-refractivity contribution in [3.8, 4) is 0 Å². The van der Waals surface area contributed by atoms with Gasteiger partial charge in [0.2, 0.25) is 5.91 Å². The number of aromatic nitrogens is 1. The first-order valence-electron chi connectivity index (χ1n) is 7.67. The number of hydrogen-bond acceptors (Lipinski definition) is 3. The third-order valence-corrected chi connectivity index (χ3v) is 3.92. The molecule has 0 saturated carbocycles. The van der Waals surface area contributed by atoms with Crippen molar-refractivity contribution >= 4 is 17.9 Å². The quantitative estimate of drug-likeness (QED) is 0.848. The minimum Gasteiger partial charge on any atom is -0.465 e. The molecule has 2 aromatic heterocycles. The predicted octanol–water partition coefficient (Wildman–Crippen LogP) is 2.04. The van der Waals surface area contributed by atoms with Gasteiger partial charge in [-0.2, -0.15) is 0 Å². The van der Waals surface area contributed by atoms with Crippen LogP contribution in [0.3, 0.4) is 0 Å². The molecule has 2 amide bonds. The van der Waals surface area contributed by atoms with Crippen molar-refractivity contribution in [2.24, 2.45) is 0 Å². The van der Waals surface area contributed by atoms with Crippen LogP contribution in [0.25, 0.3) is 6.08 Å². The molecule has 3 heterocycles. The molecule has 0 spiro atoms. The van der Waals surface area contributed by atoms with Crippen molar-refractivity contribution in [1.82, 2.24) is 15.2 Å². The van der Waals surface area contributed by atoms with Crippen molar-refractivity contribution in [3.05, 3.63) is 54.3 Å². The average molecular weight is 313 g/mol. The number of furan rings is 1. The number of nitrogens with zero attached hydrogens (tertiary/aromatic N) is 1. The number of piperidine rings is 1. The summed E-state index contributed by atoms with van der Waals surface area (Å²) in [5, 5.41) is 2.99. The van der Waals surface area contributed by atoms with Crippen LogP contribution in [0.15, 0.2) is 47.2 Å². The van der Waals surface area contributed by atoms with Gasteiger partial charge in [0, 0.05) is 31.4 Å². The lowest BCUT2D eigenvalue weighted by Crippen LogP contribution is -2.46. The van der Waals surface area contributed by atoms with E-state index in [1.54, 1.807) is 47.7 Å². The first kappa shape index (κ1) is 15.1. The maximum absolute atomic E-state index is 12.1. The smallest absolute Gasteiger partial charge is 0.267 e. The fourth-order valence-corrected chi connectivity index (χ4v) is 2.62. The zero-order valence-electron chi connectivity index (χ0n) is 12.7. The number of amides is 2. The molecule has 0 aliphatic carbocycles. The lowest BCUT2D eigenvalue weighted by atomic mass is 10.0. The molecule has 3 rings (SSSR count). The number of carbonyl (C=O) groups excluding carboxylic acids is 2. The van der Waals surface area contributed by atoms with E-state index in [1.807, 2.05) is 0 Å². The summed E-state index contributed by atoms with van der Waals surface area (Å²) < 4.78 is 5.16. The number of H-pyrrole nitrogens is 1. The van der Waals surface area contributed by atoms with E-state index in [9.17, 15) is 9.59 Å². The van der Waals surface area contributed by atoms with Gasteiger partial charge in [0.1, 0.15) is 11.5 Å². The molecule has 0 atom stereocenters. The highest BCUT2D eigenvalue weighted by molar-refractivity contribution is 5.93. The van der Waals surface area contributed by atoms with Gasteiger partial charge >= 0.3 is 0 Å². The maximum atomic E-state index is 12.1. The molecule has 23 heavy (non-hydrogen) atoms. The van der Waals surface area contributed by atoms with Gasteiger partial charge < -0.3 is 19.6 Å². The number of rotatable bonds is 4. The number of carbonyl (C=O) groups is 2. The average Bonchev–Trinajstić information content (AvgIpc) is 3.26. The normalized spacial score (nSPS) is 15.9. The van der Waals surface area contributed by atoms with E-state index in [4.69, 9.17) is 4.42 Å². The van der Waals surface area contributed by atoms with Gasteiger partial charge in [-0.3, -0.25) is 9.59 Å². The molecule has 2 N–H and O–H groups in total. The Morgan fingerprint density at radius 1 is 1.26 bits per heavy atom. The van der Waals surface area contributed by atoms with Crippen LogP contribution in [-0.2, 0) is 4.79 Å². The van der Waals surface area contributed by atoms with E-state index < -0.39 is 0 Å². The van der Waals surface area contributed by atoms with Gasteiger partial charge in [0.15, 0.2) is 0 Å². The van der Waals surface area contributed by atoms with E-state index in [-0.39, 0.29) is 17.9 Å². The van der Waals surface area contributed by atoms with Crippen LogP contribution in [0.4, 0.5) is 0 Å². The fraction of sp³-hybridized carbons (Fsp3) is 0.294. The van der Waals surface area contributed by atoms with Crippen molar-refractivity contribution in [2.45, 2.75) is 18.9 Å². The molecular weight excluding hydrogens is 294 g/mol. The van der Waals surface area contributed by atoms with Crippen molar-refractivity contribution in [1.29, 1.82) is 0 Å². The van der Waals surface area contributed by atoms with Gasteiger partial charge in [0.05, 0.1) is 6.26 Å². The second-order valence-corrected chi connectivity index (χ2v) is 5.51. The lowest BCUT2D eigenvalue weighted by molar-refractivity contribution is -0.127. The number of likely N-dealkylation sites (tertiary alicyclic amines) is 1. The van der Waals surface area contributed by atoms with Crippen LogP contribution >= 0.6 is 0 Å². The Bertz CT molecular complexity index is 666. The van der Waals surface area contributed by atoms with Crippen molar-refractivity contribution in [2.75, 3.05) is 13.1 Å². The summed E-state index contributed by atoms with van der Waals surface area (Å²) in [4.78, 5) is 28.8. The van der Waals surface area contributed by atoms with E-state index in [1.165, 1.54) is 6.08 Å². The van der Waals surface area contributed by atoms with Gasteiger partial charge in [0.25, 0.3) is 5.91 Å². The summed E-state index contributed by atoms with van der Waals surface area (Å²) in [7, 11) is 0. The van der Waals surface area contributed by atoms with Crippen LogP contribution in [0.5, 0.6) is 0 Å². The molecular formula is C17H19N3O3. The van der Waals surface area contributed by atoms with E-state index >= 15 is 0 Å². The molecule has 1 saturated heterocycles. The minimum absolute atomic E-state index is 0.0319. The molecule has 2 aromatic rings. The van der Waals surface area contributed by atoms with Gasteiger partial charge in [-0.25, -0.2) is 0 Å². The summed E-state index contributed by atoms with van der Waals surface area (Å²) in [5.74, 6) is 0.527. The largest absolute Gasteiger partial charge is 0.465 e. The first-order valence-corrected chi connectivity index (χ1v) is 7.67. The van der Waals surface area contributed by atoms with E-state index in [0.717, 1.165) is 12.8 Å². The standard InChI is InChI=1S/C17H19N3O3/c21-16(6-5-14-3-2-12-23-14)20-10-7-13(8-11-20)19-17(22)15-4-1-9-18-15/h1-6,9,12-13,18H,7-8,10-11H2,(H,19,22)/b6-5-. The van der Waals surface area contributed by atoms with Crippen LogP contribution in [0.2, 0.25) is 0 Å². The van der Waals surface area contributed by atoms with Crippen LogP contribution in [0.1, 0.15) is 29.1 Å². The van der Waals surface area contributed by atoms with Crippen molar-refractivity contribution < 1.29 is 14.0 Å². The zero-order chi connectivity index (χ0) is 16.1. The third-order valence-electron chi connectivity index (χ3n) is 3.92. The SMILES string of the molecule is O=C(NC1CCN(C(=O)/C=C\c2ccco2)CC1)c1ccc[nH]1. The molecule has 1 aliphatic heterocycles. The van der Waals surface area contributed by atoms with Crippen LogP contribution < -0.4 is 5.32 Å². The molecule has 0 bridgehead atoms. The summed E-state index contributed by atoms with van der Waals surface area (Å²) in [5.41, 5.74) is 0.560. The highest BCUT2D eigenvalue weighted by Crippen LogP contribution is 2.12. The maximum Gasteiger partial charge on any atom is 0.267 e. The van der Waals surface area contributed by atoms with Crippen molar-refractivity contribution in [3.63, 3.8) is 0 Å². The molecule has 6 nitrogen and oxygen atoms in total. The zero-order valence-corrected chi connectivity index (χ0v) is 12.7. The predicted molar refractivity (Wildman–Crippen MR) is 85.6 cm³/mol. The Morgan fingerprint density at radius 3 is 2.74 bits per heavy atom. The number of hydrogen-bond donors (Lipinski definition) is 2. The van der Waals surface area contributed by atoms with Crippen LogP contribution in [-0.4, -0.2) is 40.8 Å². The molecule has 0 aromatic carbocycles. The summed E-state index contributed by atoms with van der Waals surface area (Å²) in [6, 6.07) is 7.22. The molecule has 6 heteroatoms. The third kappa shape index (κ3) is 3.91. The van der Waals surface area contributed by atoms with Crippen LogP contribution in [0, 0.1) is 0 Å². The second kappa shape index (κ2) is 7.00. The Labute approximate surface area is 134 Å². The lowest BCUT2D eigenvalue weighted by Gasteiger charge is -2.31. The second-order valence-electron chi connectivity index (χ2n) is 5.51. The molecule has 0 radical (unpaired) electrons. The molecule has 0 unspecified atom stereocenters. The van der Waals surface area contributed by atoms with E-state index in [2.05, 4.69) is 10.3 Å². The number of aromatic amines is 1. The Kier molecular flexibility index (Phi) is 4.61. The summed E-state index contributed by atoms with van der Waals surface area (Å²) >= 11 is 0. The highest BCUT2D eigenvalue weighted by atomic mass is 16.3. The fourth-order valence-electron chi connectivity index (χ4n) is 2.62. The van der Waals surface area contributed by atoms with Gasteiger partial charge in [-0.15, -0.1) is 0 Å². The molecule has 120 valence electrons. The topological polar surface area (TPSA) is 78.3 Å². The Hall–Kier alpha value is -2.76. The minimum atomic E-state index is -0.0995. The Morgan fingerprint density at radius 2 is 2.09 bits per heavy atom.